The smallest absolute Gasteiger partial charge is 0.271 e. The predicted molar refractivity (Wildman–Crippen MR) is 64.8 cm³/mol. The molecule has 1 amide bonds. The maximum Gasteiger partial charge on any atom is 0.271 e. The van der Waals surface area contributed by atoms with Gasteiger partial charge in [-0.1, -0.05) is 0 Å². The second-order valence-corrected chi connectivity index (χ2v) is 4.92. The van der Waals surface area contributed by atoms with Crippen molar-refractivity contribution >= 4 is 17.2 Å². The Morgan fingerprint density at radius 1 is 1.41 bits per heavy atom. The Labute approximate surface area is 103 Å². The van der Waals surface area contributed by atoms with Crippen molar-refractivity contribution in [2.24, 2.45) is 0 Å². The highest BCUT2D eigenvalue weighted by Crippen LogP contribution is 2.16. The SMILES string of the molecule is Cc1nc(C(=O)NCc2cnccn2)c(C)s1. The average molecular weight is 248 g/mol. The van der Waals surface area contributed by atoms with Gasteiger partial charge in [-0.25, -0.2) is 4.98 Å². The minimum absolute atomic E-state index is 0.169. The Hall–Kier alpha value is -1.82. The molecule has 1 N–H and O–H groups in total. The van der Waals surface area contributed by atoms with E-state index in [4.69, 9.17) is 0 Å². The van der Waals surface area contributed by atoms with Crippen LogP contribution in [0.5, 0.6) is 0 Å². The first kappa shape index (κ1) is 11.7. The molecule has 2 aromatic rings. The zero-order chi connectivity index (χ0) is 12.3. The molecular formula is C11H12N4OS. The van der Waals surface area contributed by atoms with Crippen LogP contribution in [0.1, 0.15) is 26.1 Å². The van der Waals surface area contributed by atoms with Gasteiger partial charge in [-0.05, 0) is 13.8 Å². The van der Waals surface area contributed by atoms with Crippen LogP contribution in [-0.2, 0) is 6.54 Å². The van der Waals surface area contributed by atoms with Crippen molar-refractivity contribution in [2.45, 2.75) is 20.4 Å². The van der Waals surface area contributed by atoms with Crippen molar-refractivity contribution in [2.75, 3.05) is 0 Å². The number of rotatable bonds is 3. The van der Waals surface area contributed by atoms with E-state index in [1.807, 2.05) is 13.8 Å². The van der Waals surface area contributed by atoms with Crippen LogP contribution < -0.4 is 5.32 Å². The molecule has 0 aliphatic rings. The van der Waals surface area contributed by atoms with E-state index in [-0.39, 0.29) is 5.91 Å². The lowest BCUT2D eigenvalue weighted by atomic mass is 10.3. The van der Waals surface area contributed by atoms with Crippen LogP contribution in [0.4, 0.5) is 0 Å². The topological polar surface area (TPSA) is 67.8 Å². The molecule has 0 radical (unpaired) electrons. The quantitative estimate of drug-likeness (QED) is 0.893. The molecule has 0 fully saturated rings. The average Bonchev–Trinajstić information content (AvgIpc) is 2.67. The molecule has 0 aliphatic carbocycles. The number of nitrogens with zero attached hydrogens (tertiary/aromatic N) is 3. The maximum absolute atomic E-state index is 11.8. The second kappa shape index (κ2) is 5.01. The van der Waals surface area contributed by atoms with Gasteiger partial charge in [-0.15, -0.1) is 11.3 Å². The van der Waals surface area contributed by atoms with Crippen molar-refractivity contribution in [1.82, 2.24) is 20.3 Å². The fraction of sp³-hybridized carbons (Fsp3) is 0.273. The summed E-state index contributed by atoms with van der Waals surface area (Å²) < 4.78 is 0. The van der Waals surface area contributed by atoms with E-state index in [0.29, 0.717) is 12.2 Å². The molecule has 0 aromatic carbocycles. The first-order chi connectivity index (χ1) is 8.16. The minimum atomic E-state index is -0.169. The summed E-state index contributed by atoms with van der Waals surface area (Å²) in [4.78, 5) is 25.0. The van der Waals surface area contributed by atoms with Crippen LogP contribution in [0.3, 0.4) is 0 Å². The zero-order valence-corrected chi connectivity index (χ0v) is 10.4. The van der Waals surface area contributed by atoms with Gasteiger partial charge in [-0.2, -0.15) is 0 Å². The third-order valence-corrected chi connectivity index (χ3v) is 3.05. The molecule has 0 bridgehead atoms. The number of carbonyl (C=O) groups excluding carboxylic acids is 1. The van der Waals surface area contributed by atoms with Gasteiger partial charge in [0.05, 0.1) is 23.4 Å². The highest BCUT2D eigenvalue weighted by Gasteiger charge is 2.13. The summed E-state index contributed by atoms with van der Waals surface area (Å²) in [6.07, 6.45) is 4.82. The molecular weight excluding hydrogens is 236 g/mol. The Kier molecular flexibility index (Phi) is 3.43. The fourth-order valence-corrected chi connectivity index (χ4v) is 2.23. The molecule has 6 heteroatoms. The Morgan fingerprint density at radius 2 is 2.24 bits per heavy atom. The van der Waals surface area contributed by atoms with E-state index < -0.39 is 0 Å². The summed E-state index contributed by atoms with van der Waals surface area (Å²) in [5.74, 6) is -0.169. The molecule has 88 valence electrons. The summed E-state index contributed by atoms with van der Waals surface area (Å²) in [6, 6.07) is 0. The van der Waals surface area contributed by atoms with Crippen LogP contribution in [0.25, 0.3) is 0 Å². The number of aryl methyl sites for hydroxylation is 2. The lowest BCUT2D eigenvalue weighted by Gasteiger charge is -2.02. The summed E-state index contributed by atoms with van der Waals surface area (Å²) in [5, 5.41) is 3.67. The highest BCUT2D eigenvalue weighted by molar-refractivity contribution is 7.11. The summed E-state index contributed by atoms with van der Waals surface area (Å²) in [6.45, 7) is 4.14. The molecule has 0 spiro atoms. The number of hydrogen-bond acceptors (Lipinski definition) is 5. The van der Waals surface area contributed by atoms with Crippen molar-refractivity contribution in [3.05, 3.63) is 39.9 Å². The predicted octanol–water partition coefficient (Wildman–Crippen LogP) is 1.48. The molecule has 2 heterocycles. The highest BCUT2D eigenvalue weighted by atomic mass is 32.1. The first-order valence-electron chi connectivity index (χ1n) is 5.14. The standard InChI is InChI=1S/C11H12N4OS/c1-7-10(15-8(2)17-7)11(16)14-6-9-5-12-3-4-13-9/h3-5H,6H2,1-2H3,(H,14,16). The Morgan fingerprint density at radius 3 is 2.82 bits per heavy atom. The lowest BCUT2D eigenvalue weighted by molar-refractivity contribution is 0.0945. The monoisotopic (exact) mass is 248 g/mol. The Balaban J connectivity index is 2.01. The molecule has 0 unspecified atom stereocenters. The minimum Gasteiger partial charge on any atom is -0.345 e. The molecule has 0 saturated heterocycles. The van der Waals surface area contributed by atoms with Crippen LogP contribution in [0.2, 0.25) is 0 Å². The van der Waals surface area contributed by atoms with E-state index in [2.05, 4.69) is 20.3 Å². The third-order valence-electron chi connectivity index (χ3n) is 2.17. The van der Waals surface area contributed by atoms with Gasteiger partial charge in [-0.3, -0.25) is 14.8 Å². The van der Waals surface area contributed by atoms with Crippen molar-refractivity contribution < 1.29 is 4.79 Å². The van der Waals surface area contributed by atoms with E-state index in [9.17, 15) is 4.79 Å². The lowest BCUT2D eigenvalue weighted by Crippen LogP contribution is -2.24. The molecule has 0 saturated carbocycles. The number of carbonyl (C=O) groups is 1. The van der Waals surface area contributed by atoms with Gasteiger partial charge >= 0.3 is 0 Å². The molecule has 5 nitrogen and oxygen atoms in total. The second-order valence-electron chi connectivity index (χ2n) is 3.52. The molecule has 2 rings (SSSR count). The van der Waals surface area contributed by atoms with Crippen LogP contribution >= 0.6 is 11.3 Å². The van der Waals surface area contributed by atoms with Gasteiger partial charge in [0.15, 0.2) is 0 Å². The van der Waals surface area contributed by atoms with Gasteiger partial charge < -0.3 is 5.32 Å². The molecule has 0 aliphatic heterocycles. The van der Waals surface area contributed by atoms with Gasteiger partial charge in [0.1, 0.15) is 5.69 Å². The Bertz CT molecular complexity index is 524. The normalized spacial score (nSPS) is 10.2. The van der Waals surface area contributed by atoms with Crippen molar-refractivity contribution in [3.63, 3.8) is 0 Å². The van der Waals surface area contributed by atoms with Gasteiger partial charge in [0, 0.05) is 17.3 Å². The molecule has 0 atom stereocenters. The van der Waals surface area contributed by atoms with Crippen molar-refractivity contribution in [1.29, 1.82) is 0 Å². The summed E-state index contributed by atoms with van der Waals surface area (Å²) >= 11 is 1.52. The van der Waals surface area contributed by atoms with Crippen LogP contribution in [0, 0.1) is 13.8 Å². The van der Waals surface area contributed by atoms with E-state index >= 15 is 0 Å². The number of aromatic nitrogens is 3. The van der Waals surface area contributed by atoms with Crippen LogP contribution in [0.15, 0.2) is 18.6 Å². The number of amides is 1. The first-order valence-corrected chi connectivity index (χ1v) is 5.95. The molecule has 2 aromatic heterocycles. The number of nitrogens with one attached hydrogen (secondary N) is 1. The van der Waals surface area contributed by atoms with E-state index in [1.165, 1.54) is 11.3 Å². The van der Waals surface area contributed by atoms with Crippen molar-refractivity contribution in [3.8, 4) is 0 Å². The maximum atomic E-state index is 11.8. The van der Waals surface area contributed by atoms with E-state index in [0.717, 1.165) is 15.6 Å². The summed E-state index contributed by atoms with van der Waals surface area (Å²) in [5.41, 5.74) is 1.22. The van der Waals surface area contributed by atoms with E-state index in [1.54, 1.807) is 18.6 Å². The van der Waals surface area contributed by atoms with Crippen LogP contribution in [-0.4, -0.2) is 20.9 Å². The summed E-state index contributed by atoms with van der Waals surface area (Å²) in [7, 11) is 0. The largest absolute Gasteiger partial charge is 0.345 e. The number of thiazole rings is 1. The van der Waals surface area contributed by atoms with Gasteiger partial charge in [0.25, 0.3) is 5.91 Å². The zero-order valence-electron chi connectivity index (χ0n) is 9.60. The molecule has 17 heavy (non-hydrogen) atoms. The third kappa shape index (κ3) is 2.85. The van der Waals surface area contributed by atoms with Gasteiger partial charge in [0.2, 0.25) is 0 Å². The fourth-order valence-electron chi connectivity index (χ4n) is 1.42. The number of hydrogen-bond donors (Lipinski definition) is 1.